The van der Waals surface area contributed by atoms with Crippen molar-refractivity contribution in [1.29, 1.82) is 0 Å². The third-order valence-electron chi connectivity index (χ3n) is 15.0. The van der Waals surface area contributed by atoms with Gasteiger partial charge in [0.2, 0.25) is 0 Å². The molecule has 2 aromatic heterocycles. The van der Waals surface area contributed by atoms with E-state index < -0.39 is 0 Å². The fourth-order valence-corrected chi connectivity index (χ4v) is 12.4. The normalized spacial score (nSPS) is 13.6. The van der Waals surface area contributed by atoms with Crippen molar-refractivity contribution in [3.8, 4) is 55.6 Å². The lowest BCUT2D eigenvalue weighted by molar-refractivity contribution is 0.669. The zero-order chi connectivity index (χ0) is 42.8. The summed E-state index contributed by atoms with van der Waals surface area (Å²) in [6.07, 6.45) is 0. The van der Waals surface area contributed by atoms with Crippen LogP contribution in [0.4, 0.5) is 22.7 Å². The summed E-state index contributed by atoms with van der Waals surface area (Å²) in [5, 5.41) is 4.56. The topological polar surface area (TPSA) is 32.8 Å². The molecule has 0 N–H and O–H groups in total. The molecule has 302 valence electrons. The highest BCUT2D eigenvalue weighted by Crippen LogP contribution is 2.52. The smallest absolute Gasteiger partial charge is 0.329 e. The highest BCUT2D eigenvalue weighted by atomic mass is 16.3. The van der Waals surface area contributed by atoms with Gasteiger partial charge in [0.1, 0.15) is 22.3 Å². The van der Waals surface area contributed by atoms with E-state index in [1.54, 1.807) is 0 Å². The molecule has 0 saturated carbocycles. The second-order valence-corrected chi connectivity index (χ2v) is 18.2. The molecule has 6 heterocycles. The largest absolute Gasteiger partial charge is 0.456 e. The van der Waals surface area contributed by atoms with Gasteiger partial charge < -0.3 is 18.5 Å². The number of hydrogen-bond acceptors (Lipinski definition) is 4. The van der Waals surface area contributed by atoms with Gasteiger partial charge in [0.05, 0.1) is 0 Å². The minimum absolute atomic E-state index is 0.0654. The van der Waals surface area contributed by atoms with Crippen LogP contribution in [-0.4, -0.2) is 13.7 Å². The number of benzene rings is 10. The lowest BCUT2D eigenvalue weighted by Gasteiger charge is -2.44. The lowest BCUT2D eigenvalue weighted by atomic mass is 9.42. The molecule has 0 saturated heterocycles. The molecular formula is C60H34B2N2O2. The Hall–Kier alpha value is -8.47. The fourth-order valence-electron chi connectivity index (χ4n) is 12.4. The summed E-state index contributed by atoms with van der Waals surface area (Å²) in [6, 6.07) is 76.0. The Bertz CT molecular complexity index is 4130. The molecule has 4 aliphatic rings. The van der Waals surface area contributed by atoms with Crippen molar-refractivity contribution in [1.82, 2.24) is 0 Å². The van der Waals surface area contributed by atoms with E-state index in [4.69, 9.17) is 8.83 Å². The zero-order valence-electron chi connectivity index (χ0n) is 35.5. The summed E-state index contributed by atoms with van der Waals surface area (Å²) < 4.78 is 13.7. The van der Waals surface area contributed by atoms with E-state index >= 15 is 0 Å². The predicted octanol–water partition coefficient (Wildman–Crippen LogP) is 13.0. The van der Waals surface area contributed by atoms with Gasteiger partial charge >= 0.3 is 13.7 Å². The maximum absolute atomic E-state index is 7.13. The van der Waals surface area contributed by atoms with Gasteiger partial charge in [0.25, 0.3) is 0 Å². The Balaban J connectivity index is 1.01. The minimum Gasteiger partial charge on any atom is -0.456 e. The fraction of sp³-hybridized carbons (Fsp3) is 0. The summed E-state index contributed by atoms with van der Waals surface area (Å²) >= 11 is 0. The molecule has 12 aromatic rings. The van der Waals surface area contributed by atoms with E-state index in [-0.39, 0.29) is 13.7 Å². The number of nitrogens with zero attached hydrogens (tertiary/aromatic N) is 2. The summed E-state index contributed by atoms with van der Waals surface area (Å²) in [5.74, 6) is 0. The molecule has 0 unspecified atom stereocenters. The maximum atomic E-state index is 7.13. The number of anilines is 4. The first-order chi connectivity index (χ1) is 32.8. The van der Waals surface area contributed by atoms with Crippen molar-refractivity contribution in [3.63, 3.8) is 0 Å². The summed E-state index contributed by atoms with van der Waals surface area (Å²) in [5.41, 5.74) is 25.6. The minimum atomic E-state index is -0.0786. The Kier molecular flexibility index (Phi) is 6.68. The molecule has 0 aliphatic carbocycles. The first-order valence-corrected chi connectivity index (χ1v) is 22.9. The molecule has 66 heavy (non-hydrogen) atoms. The van der Waals surface area contributed by atoms with E-state index in [1.165, 1.54) is 89.1 Å². The number of fused-ring (bicyclic) bond motifs is 29. The average Bonchev–Trinajstić information content (AvgIpc) is 3.96. The SMILES string of the molecule is c1ccc2c(c1)B1c3cc4oc5ccccc5c4cc3-c3ccc(-c4cc5c(c6c4oc4ccccc46)-c4ccccc4N4B5c5ccccc5-c5ccccc54)cc3N1c1ccccc1-2. The number of hydrogen-bond donors (Lipinski definition) is 0. The molecular weight excluding hydrogens is 802 g/mol. The molecule has 6 heteroatoms. The standard InChI is InChI=1S/C60H34B2N2O2/c1-8-22-47-36(15-1)39-18-4-11-25-52(39)64-54-31-35(29-30-40(54)45-32-46-41-19-6-13-27-55(41)65-57(46)34-49(45)61(47)64)44-33-50-58(59-43-21-7-14-28-56(43)66-60(44)59)42-20-5-12-26-53(42)63-51-24-10-3-17-38(51)37-16-2-9-23-48(37)62(50)63/h1-34H. The van der Waals surface area contributed by atoms with Crippen LogP contribution >= 0.6 is 0 Å². The van der Waals surface area contributed by atoms with Gasteiger partial charge in [0, 0.05) is 72.1 Å². The quantitative estimate of drug-likeness (QED) is 0.154. The Morgan fingerprint density at radius 2 is 0.833 bits per heavy atom. The number of para-hydroxylation sites is 5. The van der Waals surface area contributed by atoms with E-state index in [1.807, 2.05) is 0 Å². The maximum Gasteiger partial charge on any atom is 0.329 e. The van der Waals surface area contributed by atoms with Gasteiger partial charge in [-0.2, -0.15) is 0 Å². The summed E-state index contributed by atoms with van der Waals surface area (Å²) in [7, 11) is 0. The third kappa shape index (κ3) is 4.41. The Morgan fingerprint density at radius 3 is 1.55 bits per heavy atom. The summed E-state index contributed by atoms with van der Waals surface area (Å²) in [6.45, 7) is -0.144. The van der Waals surface area contributed by atoms with Crippen LogP contribution in [0.3, 0.4) is 0 Å². The van der Waals surface area contributed by atoms with Crippen LogP contribution < -0.4 is 31.5 Å². The van der Waals surface area contributed by atoms with Crippen LogP contribution in [0.15, 0.2) is 215 Å². The van der Waals surface area contributed by atoms with Crippen molar-refractivity contribution in [2.45, 2.75) is 0 Å². The van der Waals surface area contributed by atoms with Crippen LogP contribution in [-0.2, 0) is 0 Å². The number of rotatable bonds is 1. The zero-order valence-corrected chi connectivity index (χ0v) is 35.5. The molecule has 0 atom stereocenters. The average molecular weight is 837 g/mol. The monoisotopic (exact) mass is 836 g/mol. The van der Waals surface area contributed by atoms with E-state index in [0.717, 1.165) is 55.0 Å². The molecule has 16 rings (SSSR count). The molecule has 0 fully saturated rings. The van der Waals surface area contributed by atoms with Crippen LogP contribution in [0.1, 0.15) is 0 Å². The second kappa shape index (κ2) is 12.6. The van der Waals surface area contributed by atoms with Crippen molar-refractivity contribution in [2.24, 2.45) is 0 Å². The van der Waals surface area contributed by atoms with Crippen LogP contribution in [0, 0.1) is 0 Å². The van der Waals surface area contributed by atoms with Crippen LogP contribution in [0.5, 0.6) is 0 Å². The van der Waals surface area contributed by atoms with Gasteiger partial charge in [0.15, 0.2) is 0 Å². The first-order valence-electron chi connectivity index (χ1n) is 22.9. The molecule has 0 spiro atoms. The predicted molar refractivity (Wildman–Crippen MR) is 275 cm³/mol. The van der Waals surface area contributed by atoms with Gasteiger partial charge in [-0.25, -0.2) is 0 Å². The molecule has 0 bridgehead atoms. The third-order valence-corrected chi connectivity index (χ3v) is 15.0. The number of furan rings is 2. The van der Waals surface area contributed by atoms with Crippen LogP contribution in [0.25, 0.3) is 99.5 Å². The highest BCUT2D eigenvalue weighted by Gasteiger charge is 2.45. The molecule has 4 nitrogen and oxygen atoms in total. The van der Waals surface area contributed by atoms with Crippen molar-refractivity contribution in [3.05, 3.63) is 206 Å². The van der Waals surface area contributed by atoms with E-state index in [9.17, 15) is 0 Å². The Labute approximate surface area is 380 Å². The summed E-state index contributed by atoms with van der Waals surface area (Å²) in [4.78, 5) is 5.18. The Morgan fingerprint density at radius 1 is 0.303 bits per heavy atom. The van der Waals surface area contributed by atoms with Gasteiger partial charge in [-0.05, 0) is 98.2 Å². The lowest BCUT2D eigenvalue weighted by Crippen LogP contribution is -2.59. The van der Waals surface area contributed by atoms with E-state index in [0.29, 0.717) is 0 Å². The second-order valence-electron chi connectivity index (χ2n) is 18.2. The van der Waals surface area contributed by atoms with Crippen molar-refractivity contribution >= 4 is 102 Å². The molecule has 0 amide bonds. The van der Waals surface area contributed by atoms with Crippen LogP contribution in [0.2, 0.25) is 0 Å². The van der Waals surface area contributed by atoms with Crippen molar-refractivity contribution < 1.29 is 8.83 Å². The van der Waals surface area contributed by atoms with Gasteiger partial charge in [-0.1, -0.05) is 158 Å². The van der Waals surface area contributed by atoms with Gasteiger partial charge in [-0.3, -0.25) is 0 Å². The first kappa shape index (κ1) is 34.9. The molecule has 10 aromatic carbocycles. The molecule has 4 aliphatic heterocycles. The molecule has 0 radical (unpaired) electrons. The van der Waals surface area contributed by atoms with Gasteiger partial charge in [-0.15, -0.1) is 0 Å². The van der Waals surface area contributed by atoms with E-state index in [2.05, 4.69) is 216 Å². The highest BCUT2D eigenvalue weighted by molar-refractivity contribution is 6.93. The van der Waals surface area contributed by atoms with Crippen molar-refractivity contribution in [2.75, 3.05) is 9.62 Å².